The molecule has 3 heterocycles. The van der Waals surface area contributed by atoms with Crippen molar-refractivity contribution in [3.63, 3.8) is 0 Å². The number of halogens is 1. The number of nitrogens with zero attached hydrogens (tertiary/aromatic N) is 5. The zero-order valence-corrected chi connectivity index (χ0v) is 19.0. The lowest BCUT2D eigenvalue weighted by Gasteiger charge is -2.32. The standard InChI is InChI=1S/C28H22FN5O/c29-24-15-25-23(14-22(24)20-6-5-18-3-1-2-4-19(18)13-20)28-26(16-31-25)32-17-27(35)34(28)21-7-10-33(11-8-21)12-9-30/h1-6,13-17,21H,7-8,10-12H2. The molecule has 1 aliphatic rings. The minimum Gasteiger partial charge on any atom is -0.302 e. The first kappa shape index (κ1) is 21.4. The van der Waals surface area contributed by atoms with Crippen molar-refractivity contribution in [2.24, 2.45) is 0 Å². The molecule has 0 bridgehead atoms. The second-order valence-electron chi connectivity index (χ2n) is 9.04. The normalized spacial score (nSPS) is 15.1. The van der Waals surface area contributed by atoms with Gasteiger partial charge in [-0.3, -0.25) is 14.7 Å². The summed E-state index contributed by atoms with van der Waals surface area (Å²) in [5, 5.41) is 11.8. The summed E-state index contributed by atoms with van der Waals surface area (Å²) in [6, 6.07) is 19.3. The number of aromatic nitrogens is 3. The van der Waals surface area contributed by atoms with Gasteiger partial charge in [0.05, 0.1) is 36.0 Å². The molecule has 1 aliphatic heterocycles. The van der Waals surface area contributed by atoms with Crippen LogP contribution in [0.1, 0.15) is 18.9 Å². The highest BCUT2D eigenvalue weighted by molar-refractivity contribution is 6.04. The van der Waals surface area contributed by atoms with Gasteiger partial charge in [-0.15, -0.1) is 0 Å². The smallest absolute Gasteiger partial charge is 0.269 e. The van der Waals surface area contributed by atoms with Gasteiger partial charge in [0.1, 0.15) is 11.3 Å². The lowest BCUT2D eigenvalue weighted by molar-refractivity contribution is 0.205. The summed E-state index contributed by atoms with van der Waals surface area (Å²) >= 11 is 0. The van der Waals surface area contributed by atoms with E-state index in [0.29, 0.717) is 34.0 Å². The quantitative estimate of drug-likeness (QED) is 0.276. The maximum atomic E-state index is 15.3. The van der Waals surface area contributed by atoms with E-state index in [0.717, 1.165) is 42.3 Å². The summed E-state index contributed by atoms with van der Waals surface area (Å²) in [6.07, 6.45) is 4.45. The van der Waals surface area contributed by atoms with Crippen LogP contribution in [0.5, 0.6) is 0 Å². The minimum absolute atomic E-state index is 0.0253. The van der Waals surface area contributed by atoms with Crippen LogP contribution in [0.3, 0.4) is 0 Å². The van der Waals surface area contributed by atoms with Crippen molar-refractivity contribution < 1.29 is 4.39 Å². The topological polar surface area (TPSA) is 74.8 Å². The van der Waals surface area contributed by atoms with Gasteiger partial charge in [-0.05, 0) is 41.3 Å². The van der Waals surface area contributed by atoms with E-state index >= 15 is 4.39 Å². The first-order valence-corrected chi connectivity index (χ1v) is 11.7. The Morgan fingerprint density at radius 1 is 0.971 bits per heavy atom. The highest BCUT2D eigenvalue weighted by atomic mass is 19.1. The van der Waals surface area contributed by atoms with Crippen LogP contribution in [-0.4, -0.2) is 39.1 Å². The first-order chi connectivity index (χ1) is 17.1. The van der Waals surface area contributed by atoms with Crippen LogP contribution in [-0.2, 0) is 0 Å². The molecule has 172 valence electrons. The molecule has 0 N–H and O–H groups in total. The van der Waals surface area contributed by atoms with E-state index in [9.17, 15) is 4.79 Å². The predicted molar refractivity (Wildman–Crippen MR) is 135 cm³/mol. The second kappa shape index (κ2) is 8.57. The fourth-order valence-electron chi connectivity index (χ4n) is 5.21. The zero-order valence-electron chi connectivity index (χ0n) is 19.0. The first-order valence-electron chi connectivity index (χ1n) is 11.7. The molecule has 3 aromatic carbocycles. The summed E-state index contributed by atoms with van der Waals surface area (Å²) in [5.41, 5.74) is 2.82. The van der Waals surface area contributed by atoms with Crippen molar-refractivity contribution in [1.29, 1.82) is 5.26 Å². The highest BCUT2D eigenvalue weighted by Crippen LogP contribution is 2.33. The van der Waals surface area contributed by atoms with Gasteiger partial charge in [-0.25, -0.2) is 9.37 Å². The van der Waals surface area contributed by atoms with Crippen LogP contribution >= 0.6 is 0 Å². The molecule has 7 heteroatoms. The van der Waals surface area contributed by atoms with Crippen LogP contribution in [0, 0.1) is 17.1 Å². The van der Waals surface area contributed by atoms with Gasteiger partial charge >= 0.3 is 0 Å². The van der Waals surface area contributed by atoms with E-state index in [2.05, 4.69) is 20.9 Å². The molecule has 0 amide bonds. The van der Waals surface area contributed by atoms with Crippen LogP contribution < -0.4 is 5.56 Å². The van der Waals surface area contributed by atoms with Gasteiger partial charge < -0.3 is 4.57 Å². The van der Waals surface area contributed by atoms with Crippen molar-refractivity contribution in [3.8, 4) is 17.2 Å². The van der Waals surface area contributed by atoms with Gasteiger partial charge in [0, 0.05) is 36.1 Å². The fourth-order valence-corrected chi connectivity index (χ4v) is 5.21. The molecule has 1 fully saturated rings. The number of hydrogen-bond donors (Lipinski definition) is 0. The Morgan fingerprint density at radius 3 is 2.54 bits per heavy atom. The Labute approximate surface area is 200 Å². The third kappa shape index (κ3) is 3.72. The van der Waals surface area contributed by atoms with Crippen LogP contribution in [0.4, 0.5) is 4.39 Å². The Kier molecular flexibility index (Phi) is 5.24. The van der Waals surface area contributed by atoms with Crippen molar-refractivity contribution in [2.75, 3.05) is 19.6 Å². The molecule has 35 heavy (non-hydrogen) atoms. The van der Waals surface area contributed by atoms with Gasteiger partial charge in [0.2, 0.25) is 0 Å². The number of benzene rings is 3. The molecule has 1 saturated heterocycles. The molecule has 0 radical (unpaired) electrons. The SMILES string of the molecule is N#CCN1CCC(n2c(=O)cnc3cnc4cc(F)c(-c5ccc6ccccc6c5)cc4c32)CC1. The molecular formula is C28H22FN5O. The lowest BCUT2D eigenvalue weighted by Crippen LogP contribution is -2.37. The average molecular weight is 464 g/mol. The number of piperidine rings is 1. The molecule has 2 aromatic heterocycles. The van der Waals surface area contributed by atoms with E-state index in [1.165, 1.54) is 12.3 Å². The summed E-state index contributed by atoms with van der Waals surface area (Å²) in [6.45, 7) is 1.88. The Hall–Kier alpha value is -4.15. The van der Waals surface area contributed by atoms with Crippen LogP contribution in [0.2, 0.25) is 0 Å². The predicted octanol–water partition coefficient (Wildman–Crippen LogP) is 5.06. The third-order valence-electron chi connectivity index (χ3n) is 6.98. The minimum atomic E-state index is -0.359. The van der Waals surface area contributed by atoms with Gasteiger partial charge in [0.25, 0.3) is 5.56 Å². The van der Waals surface area contributed by atoms with Crippen LogP contribution in [0.15, 0.2) is 71.8 Å². The second-order valence-corrected chi connectivity index (χ2v) is 9.04. The van der Waals surface area contributed by atoms with E-state index in [1.807, 2.05) is 42.5 Å². The molecular weight excluding hydrogens is 441 g/mol. The molecule has 0 spiro atoms. The van der Waals surface area contributed by atoms with E-state index in [1.54, 1.807) is 16.8 Å². The number of rotatable bonds is 3. The van der Waals surface area contributed by atoms with E-state index < -0.39 is 0 Å². The largest absolute Gasteiger partial charge is 0.302 e. The molecule has 6 nitrogen and oxygen atoms in total. The van der Waals surface area contributed by atoms with E-state index in [-0.39, 0.29) is 17.4 Å². The molecule has 0 saturated carbocycles. The molecule has 0 unspecified atom stereocenters. The maximum absolute atomic E-state index is 15.3. The molecule has 5 aromatic rings. The summed E-state index contributed by atoms with van der Waals surface area (Å²) in [5.74, 6) is -0.359. The number of likely N-dealkylation sites (tertiary alicyclic amines) is 1. The monoisotopic (exact) mass is 463 g/mol. The molecule has 0 atom stereocenters. The third-order valence-corrected chi connectivity index (χ3v) is 6.98. The molecule has 6 rings (SSSR count). The number of fused-ring (bicyclic) bond motifs is 4. The number of hydrogen-bond acceptors (Lipinski definition) is 5. The van der Waals surface area contributed by atoms with Crippen molar-refractivity contribution in [3.05, 3.63) is 83.2 Å². The fraction of sp³-hybridized carbons (Fsp3) is 0.214. The summed E-state index contributed by atoms with van der Waals surface area (Å²) < 4.78 is 17.1. The van der Waals surface area contributed by atoms with Crippen molar-refractivity contribution in [2.45, 2.75) is 18.9 Å². The summed E-state index contributed by atoms with van der Waals surface area (Å²) in [4.78, 5) is 24.0. The number of nitriles is 1. The van der Waals surface area contributed by atoms with Crippen molar-refractivity contribution in [1.82, 2.24) is 19.4 Å². The summed E-state index contributed by atoms with van der Waals surface area (Å²) in [7, 11) is 0. The van der Waals surface area contributed by atoms with Crippen LogP contribution in [0.25, 0.3) is 43.8 Å². The lowest BCUT2D eigenvalue weighted by atomic mass is 9.98. The van der Waals surface area contributed by atoms with Gasteiger partial charge in [-0.2, -0.15) is 5.26 Å². The number of pyridine rings is 1. The highest BCUT2D eigenvalue weighted by Gasteiger charge is 2.24. The Balaban J connectivity index is 1.55. The maximum Gasteiger partial charge on any atom is 0.269 e. The Morgan fingerprint density at radius 2 is 1.74 bits per heavy atom. The Bertz CT molecular complexity index is 1700. The average Bonchev–Trinajstić information content (AvgIpc) is 2.88. The zero-order chi connectivity index (χ0) is 23.9. The van der Waals surface area contributed by atoms with Crippen molar-refractivity contribution >= 4 is 32.7 Å². The van der Waals surface area contributed by atoms with Gasteiger partial charge in [-0.1, -0.05) is 36.4 Å². The van der Waals surface area contributed by atoms with Gasteiger partial charge in [0.15, 0.2) is 0 Å². The van der Waals surface area contributed by atoms with E-state index in [4.69, 9.17) is 5.26 Å². The molecule has 0 aliphatic carbocycles.